The number of fused-ring (bicyclic) bond motifs is 1. The van der Waals surface area contributed by atoms with E-state index in [9.17, 15) is 0 Å². The summed E-state index contributed by atoms with van der Waals surface area (Å²) >= 11 is 0. The first-order valence-electron chi connectivity index (χ1n) is 6.29. The molecule has 1 aromatic rings. The Balaban J connectivity index is 2.25. The molecule has 0 atom stereocenters. The molecule has 88 valence electrons. The summed E-state index contributed by atoms with van der Waals surface area (Å²) in [6, 6.07) is 2.98. The molecule has 0 saturated carbocycles. The Bertz CT molecular complexity index is 369. The average molecular weight is 218 g/mol. The first-order valence-corrected chi connectivity index (χ1v) is 6.29. The lowest BCUT2D eigenvalue weighted by atomic mass is 9.98. The molecule has 0 aromatic carbocycles. The molecular formula is C14H22N2. The third-order valence-corrected chi connectivity index (χ3v) is 3.49. The Morgan fingerprint density at radius 3 is 2.62 bits per heavy atom. The lowest BCUT2D eigenvalue weighted by Crippen LogP contribution is -2.36. The first kappa shape index (κ1) is 11.6. The van der Waals surface area contributed by atoms with Crippen molar-refractivity contribution in [2.24, 2.45) is 0 Å². The van der Waals surface area contributed by atoms with Gasteiger partial charge < -0.3 is 0 Å². The van der Waals surface area contributed by atoms with Crippen LogP contribution in [0.4, 0.5) is 0 Å². The van der Waals surface area contributed by atoms with Gasteiger partial charge in [0.15, 0.2) is 0 Å². The smallest absolute Gasteiger partial charge is 0.0461 e. The third-order valence-electron chi connectivity index (χ3n) is 3.49. The van der Waals surface area contributed by atoms with Crippen LogP contribution in [0.2, 0.25) is 0 Å². The van der Waals surface area contributed by atoms with Crippen LogP contribution in [-0.2, 0) is 13.0 Å². The highest BCUT2D eigenvalue weighted by molar-refractivity contribution is 5.29. The molecule has 0 unspecified atom stereocenters. The van der Waals surface area contributed by atoms with Crippen LogP contribution in [0.15, 0.2) is 12.3 Å². The van der Waals surface area contributed by atoms with Gasteiger partial charge in [0.05, 0.1) is 0 Å². The lowest BCUT2D eigenvalue weighted by Gasteiger charge is -2.31. The maximum Gasteiger partial charge on any atom is 0.0461 e. The summed E-state index contributed by atoms with van der Waals surface area (Å²) in [5, 5.41) is 0. The molecule has 0 spiro atoms. The molecule has 0 fully saturated rings. The van der Waals surface area contributed by atoms with Crippen molar-refractivity contribution in [3.63, 3.8) is 0 Å². The summed E-state index contributed by atoms with van der Waals surface area (Å²) in [6.45, 7) is 11.2. The average Bonchev–Trinajstić information content (AvgIpc) is 2.27. The van der Waals surface area contributed by atoms with E-state index in [-0.39, 0.29) is 0 Å². The molecule has 0 bridgehead atoms. The summed E-state index contributed by atoms with van der Waals surface area (Å²) in [5.41, 5.74) is 4.11. The SMILES string of the molecule is CC(C)c1cnc2c(c1)CN(C(C)C)CC2. The van der Waals surface area contributed by atoms with E-state index in [1.165, 1.54) is 16.8 Å². The predicted octanol–water partition coefficient (Wildman–Crippen LogP) is 2.97. The minimum atomic E-state index is 0.576. The van der Waals surface area contributed by atoms with E-state index >= 15 is 0 Å². The van der Waals surface area contributed by atoms with Gasteiger partial charge in [0.25, 0.3) is 0 Å². The minimum absolute atomic E-state index is 0.576. The van der Waals surface area contributed by atoms with Crippen LogP contribution in [-0.4, -0.2) is 22.5 Å². The molecule has 0 radical (unpaired) electrons. The molecule has 2 heteroatoms. The molecule has 1 aromatic heterocycles. The normalized spacial score (nSPS) is 16.9. The Morgan fingerprint density at radius 2 is 2.00 bits per heavy atom. The van der Waals surface area contributed by atoms with Crippen molar-refractivity contribution in [3.05, 3.63) is 29.1 Å². The van der Waals surface area contributed by atoms with Crippen molar-refractivity contribution in [3.8, 4) is 0 Å². The Labute approximate surface area is 98.7 Å². The lowest BCUT2D eigenvalue weighted by molar-refractivity contribution is 0.201. The van der Waals surface area contributed by atoms with Crippen LogP contribution >= 0.6 is 0 Å². The van der Waals surface area contributed by atoms with Crippen LogP contribution < -0.4 is 0 Å². The Hall–Kier alpha value is -0.890. The van der Waals surface area contributed by atoms with Crippen LogP contribution in [0.25, 0.3) is 0 Å². The van der Waals surface area contributed by atoms with E-state index in [1.54, 1.807) is 0 Å². The second kappa shape index (κ2) is 4.54. The van der Waals surface area contributed by atoms with Gasteiger partial charge in [-0.05, 0) is 30.9 Å². The summed E-state index contributed by atoms with van der Waals surface area (Å²) < 4.78 is 0. The molecule has 0 N–H and O–H groups in total. The fourth-order valence-corrected chi connectivity index (χ4v) is 2.22. The second-order valence-electron chi connectivity index (χ2n) is 5.34. The number of pyridine rings is 1. The molecule has 0 saturated heterocycles. The van der Waals surface area contributed by atoms with Gasteiger partial charge in [-0.3, -0.25) is 9.88 Å². The first-order chi connectivity index (χ1) is 7.58. The van der Waals surface area contributed by atoms with Crippen molar-refractivity contribution in [2.75, 3.05) is 6.54 Å². The largest absolute Gasteiger partial charge is 0.296 e. The monoisotopic (exact) mass is 218 g/mol. The van der Waals surface area contributed by atoms with Gasteiger partial charge >= 0.3 is 0 Å². The molecule has 2 rings (SSSR count). The Morgan fingerprint density at radius 1 is 1.25 bits per heavy atom. The summed E-state index contributed by atoms with van der Waals surface area (Å²) in [6.07, 6.45) is 3.15. The number of hydrogen-bond acceptors (Lipinski definition) is 2. The zero-order valence-electron chi connectivity index (χ0n) is 10.8. The predicted molar refractivity (Wildman–Crippen MR) is 67.6 cm³/mol. The van der Waals surface area contributed by atoms with Gasteiger partial charge in [0.2, 0.25) is 0 Å². The molecular weight excluding hydrogens is 196 g/mol. The van der Waals surface area contributed by atoms with Gasteiger partial charge in [0.1, 0.15) is 0 Å². The van der Waals surface area contributed by atoms with E-state index < -0.39 is 0 Å². The van der Waals surface area contributed by atoms with Gasteiger partial charge in [-0.15, -0.1) is 0 Å². The number of nitrogens with zero attached hydrogens (tertiary/aromatic N) is 2. The van der Waals surface area contributed by atoms with E-state index in [4.69, 9.17) is 0 Å². The van der Waals surface area contributed by atoms with Gasteiger partial charge in [-0.25, -0.2) is 0 Å². The van der Waals surface area contributed by atoms with E-state index in [0.717, 1.165) is 19.5 Å². The molecule has 1 aliphatic heterocycles. The van der Waals surface area contributed by atoms with Crippen LogP contribution in [0.3, 0.4) is 0 Å². The van der Waals surface area contributed by atoms with Crippen molar-refractivity contribution in [1.29, 1.82) is 0 Å². The van der Waals surface area contributed by atoms with E-state index in [1.807, 2.05) is 0 Å². The molecule has 2 heterocycles. The van der Waals surface area contributed by atoms with Gasteiger partial charge in [0, 0.05) is 37.4 Å². The molecule has 2 nitrogen and oxygen atoms in total. The van der Waals surface area contributed by atoms with Crippen LogP contribution in [0.5, 0.6) is 0 Å². The van der Waals surface area contributed by atoms with Crippen LogP contribution in [0.1, 0.15) is 50.4 Å². The standard InChI is InChI=1S/C14H22N2/c1-10(2)12-7-13-9-16(11(3)4)6-5-14(13)15-8-12/h7-8,10-11H,5-6,9H2,1-4H3. The second-order valence-corrected chi connectivity index (χ2v) is 5.34. The highest BCUT2D eigenvalue weighted by Crippen LogP contribution is 2.22. The molecule has 1 aliphatic rings. The zero-order chi connectivity index (χ0) is 11.7. The maximum atomic E-state index is 4.61. The molecule has 0 amide bonds. The van der Waals surface area contributed by atoms with Crippen molar-refractivity contribution >= 4 is 0 Å². The summed E-state index contributed by atoms with van der Waals surface area (Å²) in [7, 11) is 0. The highest BCUT2D eigenvalue weighted by atomic mass is 15.2. The fraction of sp³-hybridized carbons (Fsp3) is 0.643. The Kier molecular flexibility index (Phi) is 3.29. The summed E-state index contributed by atoms with van der Waals surface area (Å²) in [5.74, 6) is 0.576. The van der Waals surface area contributed by atoms with E-state index in [2.05, 4.69) is 49.8 Å². The molecule has 16 heavy (non-hydrogen) atoms. The quantitative estimate of drug-likeness (QED) is 0.758. The topological polar surface area (TPSA) is 16.1 Å². The minimum Gasteiger partial charge on any atom is -0.296 e. The van der Waals surface area contributed by atoms with Crippen molar-refractivity contribution in [1.82, 2.24) is 9.88 Å². The highest BCUT2D eigenvalue weighted by Gasteiger charge is 2.19. The van der Waals surface area contributed by atoms with E-state index in [0.29, 0.717) is 12.0 Å². The third kappa shape index (κ3) is 2.27. The fourth-order valence-electron chi connectivity index (χ4n) is 2.22. The van der Waals surface area contributed by atoms with Gasteiger partial charge in [-0.2, -0.15) is 0 Å². The van der Waals surface area contributed by atoms with Crippen molar-refractivity contribution in [2.45, 2.75) is 52.6 Å². The van der Waals surface area contributed by atoms with Gasteiger partial charge in [-0.1, -0.05) is 19.9 Å². The van der Waals surface area contributed by atoms with Crippen molar-refractivity contribution < 1.29 is 0 Å². The zero-order valence-corrected chi connectivity index (χ0v) is 10.8. The number of hydrogen-bond donors (Lipinski definition) is 0. The molecule has 0 aliphatic carbocycles. The maximum absolute atomic E-state index is 4.61. The van der Waals surface area contributed by atoms with Crippen LogP contribution in [0, 0.1) is 0 Å². The number of rotatable bonds is 2. The number of aromatic nitrogens is 1. The summed E-state index contributed by atoms with van der Waals surface area (Å²) in [4.78, 5) is 7.13.